The lowest BCUT2D eigenvalue weighted by molar-refractivity contribution is 0.317. The van der Waals surface area contributed by atoms with Gasteiger partial charge in [-0.3, -0.25) is 0 Å². The summed E-state index contributed by atoms with van der Waals surface area (Å²) in [5.74, 6) is 2.10. The first-order valence-electron chi connectivity index (χ1n) is 13.3. The summed E-state index contributed by atoms with van der Waals surface area (Å²) in [7, 11) is 0. The third-order valence-corrected chi connectivity index (χ3v) is 7.79. The zero-order chi connectivity index (χ0) is 25.1. The second-order valence-corrected chi connectivity index (χ2v) is 10.1. The van der Waals surface area contributed by atoms with Gasteiger partial charge < -0.3 is 14.4 Å². The molecule has 0 spiro atoms. The van der Waals surface area contributed by atoms with E-state index >= 15 is 0 Å². The van der Waals surface area contributed by atoms with Gasteiger partial charge in [-0.25, -0.2) is 14.4 Å². The lowest BCUT2D eigenvalue weighted by Crippen LogP contribution is -2.35. The Hall–Kier alpha value is -3.24. The van der Waals surface area contributed by atoms with Gasteiger partial charge >= 0.3 is 0 Å². The highest BCUT2D eigenvalue weighted by molar-refractivity contribution is 5.60. The van der Waals surface area contributed by atoms with Crippen LogP contribution in [0.25, 0.3) is 11.3 Å². The summed E-state index contributed by atoms with van der Waals surface area (Å²) >= 11 is 0. The van der Waals surface area contributed by atoms with Crippen LogP contribution in [0.4, 0.5) is 10.2 Å². The fourth-order valence-electron chi connectivity index (χ4n) is 5.63. The number of hydrogen-bond donors (Lipinski definition) is 0. The van der Waals surface area contributed by atoms with Gasteiger partial charge in [-0.1, -0.05) is 6.92 Å². The molecule has 4 heterocycles. The average molecular weight is 487 g/mol. The summed E-state index contributed by atoms with van der Waals surface area (Å²) in [6.45, 7) is 9.89. The number of aryl methyl sites for hydroxylation is 2. The van der Waals surface area contributed by atoms with Crippen molar-refractivity contribution in [3.8, 4) is 17.3 Å². The van der Waals surface area contributed by atoms with E-state index in [0.717, 1.165) is 73.9 Å². The van der Waals surface area contributed by atoms with Crippen molar-refractivity contribution < 1.29 is 4.39 Å². The van der Waals surface area contributed by atoms with Crippen molar-refractivity contribution in [2.24, 2.45) is 0 Å². The molecule has 2 aliphatic rings. The van der Waals surface area contributed by atoms with E-state index in [9.17, 15) is 9.65 Å². The summed E-state index contributed by atoms with van der Waals surface area (Å²) in [6.07, 6.45) is 9.31. The number of pyridine rings is 1. The summed E-state index contributed by atoms with van der Waals surface area (Å²) in [4.78, 5) is 14.5. The second kappa shape index (κ2) is 10.8. The Kier molecular flexibility index (Phi) is 7.33. The van der Waals surface area contributed by atoms with Crippen LogP contribution >= 0.6 is 0 Å². The fourth-order valence-corrected chi connectivity index (χ4v) is 5.63. The van der Waals surface area contributed by atoms with Crippen LogP contribution in [-0.4, -0.2) is 52.2 Å². The molecule has 0 atom stereocenters. The van der Waals surface area contributed by atoms with Gasteiger partial charge in [0.05, 0.1) is 11.3 Å². The van der Waals surface area contributed by atoms with Crippen molar-refractivity contribution in [3.63, 3.8) is 0 Å². The summed E-state index contributed by atoms with van der Waals surface area (Å²) in [5.41, 5.74) is 4.29. The molecule has 188 valence electrons. The smallest absolute Gasteiger partial charge is 0.146 e. The predicted octanol–water partition coefficient (Wildman–Crippen LogP) is 5.31. The number of anilines is 1. The van der Waals surface area contributed by atoms with E-state index in [1.54, 1.807) is 6.92 Å². The average Bonchev–Trinajstić information content (AvgIpc) is 3.59. The van der Waals surface area contributed by atoms with E-state index < -0.39 is 0 Å². The number of likely N-dealkylation sites (tertiary alicyclic amines) is 1. The Labute approximate surface area is 213 Å². The zero-order valence-electron chi connectivity index (χ0n) is 21.4. The monoisotopic (exact) mass is 486 g/mol. The van der Waals surface area contributed by atoms with Gasteiger partial charge in [0.1, 0.15) is 23.5 Å². The van der Waals surface area contributed by atoms with E-state index in [1.165, 1.54) is 32.0 Å². The Morgan fingerprint density at radius 3 is 2.56 bits per heavy atom. The van der Waals surface area contributed by atoms with E-state index in [2.05, 4.69) is 38.5 Å². The molecule has 5 rings (SSSR count). The minimum Gasteiger partial charge on any atom is -0.355 e. The molecule has 36 heavy (non-hydrogen) atoms. The number of benzene rings is 1. The molecule has 0 bridgehead atoms. The molecule has 3 aromatic rings. The van der Waals surface area contributed by atoms with Crippen LogP contribution in [-0.2, 0) is 13.0 Å². The third-order valence-electron chi connectivity index (χ3n) is 7.79. The lowest BCUT2D eigenvalue weighted by atomic mass is 9.95. The fraction of sp³-hybridized carbons (Fsp3) is 0.483. The normalized spacial score (nSPS) is 17.0. The van der Waals surface area contributed by atoms with Crippen molar-refractivity contribution >= 4 is 5.82 Å². The van der Waals surface area contributed by atoms with Crippen LogP contribution in [0.5, 0.6) is 0 Å². The maximum Gasteiger partial charge on any atom is 0.146 e. The first-order valence-corrected chi connectivity index (χ1v) is 13.3. The molecule has 0 radical (unpaired) electrons. The van der Waals surface area contributed by atoms with E-state index in [0.29, 0.717) is 17.0 Å². The predicted molar refractivity (Wildman–Crippen MR) is 141 cm³/mol. The first kappa shape index (κ1) is 24.5. The van der Waals surface area contributed by atoms with Crippen LogP contribution in [0.3, 0.4) is 0 Å². The molecule has 0 N–H and O–H groups in total. The number of hydrogen-bond acceptors (Lipinski definition) is 5. The highest BCUT2D eigenvalue weighted by Crippen LogP contribution is 2.33. The highest BCUT2D eigenvalue weighted by atomic mass is 19.1. The molecule has 7 heteroatoms. The maximum atomic E-state index is 13.9. The van der Waals surface area contributed by atoms with Crippen molar-refractivity contribution in [2.45, 2.75) is 58.4 Å². The summed E-state index contributed by atoms with van der Waals surface area (Å²) in [6, 6.07) is 9.60. The van der Waals surface area contributed by atoms with Crippen LogP contribution < -0.4 is 4.90 Å². The molecule has 2 aliphatic heterocycles. The highest BCUT2D eigenvalue weighted by Gasteiger charge is 2.27. The number of nitrogens with zero attached hydrogens (tertiary/aromatic N) is 6. The van der Waals surface area contributed by atoms with Gasteiger partial charge in [-0.05, 0) is 87.5 Å². The van der Waals surface area contributed by atoms with Crippen LogP contribution in [0.1, 0.15) is 61.0 Å². The second-order valence-electron chi connectivity index (χ2n) is 10.1. The molecule has 0 saturated carbocycles. The van der Waals surface area contributed by atoms with Gasteiger partial charge in [0, 0.05) is 50.1 Å². The minimum absolute atomic E-state index is 0.183. The van der Waals surface area contributed by atoms with E-state index in [-0.39, 0.29) is 5.82 Å². The molecule has 6 nitrogen and oxygen atoms in total. The zero-order valence-corrected chi connectivity index (χ0v) is 21.4. The number of rotatable bonds is 7. The molecular formula is C29H35FN6. The number of piperidine rings is 1. The van der Waals surface area contributed by atoms with Gasteiger partial charge in [-0.2, -0.15) is 5.26 Å². The van der Waals surface area contributed by atoms with Crippen molar-refractivity contribution in [1.29, 1.82) is 5.26 Å². The third kappa shape index (κ3) is 5.01. The first-order chi connectivity index (χ1) is 17.6. The topological polar surface area (TPSA) is 61.0 Å². The van der Waals surface area contributed by atoms with Crippen LogP contribution in [0, 0.1) is 24.1 Å². The minimum atomic E-state index is -0.183. The van der Waals surface area contributed by atoms with Gasteiger partial charge in [-0.15, -0.1) is 0 Å². The Bertz CT molecular complexity index is 1250. The van der Waals surface area contributed by atoms with Crippen molar-refractivity contribution in [1.82, 2.24) is 19.4 Å². The summed E-state index contributed by atoms with van der Waals surface area (Å²) < 4.78 is 16.2. The Balaban J connectivity index is 1.37. The molecule has 0 unspecified atom stereocenters. The molecule has 0 aliphatic carbocycles. The molecule has 2 saturated heterocycles. The van der Waals surface area contributed by atoms with E-state index in [4.69, 9.17) is 4.98 Å². The quantitative estimate of drug-likeness (QED) is 0.453. The number of nitriles is 1. The Morgan fingerprint density at radius 1 is 1.08 bits per heavy atom. The lowest BCUT2D eigenvalue weighted by Gasteiger charge is -2.33. The largest absolute Gasteiger partial charge is 0.355 e. The summed E-state index contributed by atoms with van der Waals surface area (Å²) in [5, 5.41) is 9.77. The molecular weight excluding hydrogens is 451 g/mol. The number of aromatic nitrogens is 3. The van der Waals surface area contributed by atoms with E-state index in [1.807, 2.05) is 24.4 Å². The van der Waals surface area contributed by atoms with Gasteiger partial charge in [0.25, 0.3) is 0 Å². The molecule has 1 aromatic carbocycles. The number of imidazole rings is 1. The van der Waals surface area contributed by atoms with Crippen molar-refractivity contribution in [2.75, 3.05) is 37.6 Å². The SMILES string of the molecule is CCc1ccnc(N2CCC(c3nc(-c4ccc(F)c(C)c4)cn3CCN3CCCC3)CC2)c1C#N. The van der Waals surface area contributed by atoms with Crippen LogP contribution in [0.15, 0.2) is 36.7 Å². The van der Waals surface area contributed by atoms with Gasteiger partial charge in [0.15, 0.2) is 0 Å². The number of halogens is 1. The Morgan fingerprint density at radius 2 is 1.86 bits per heavy atom. The standard InChI is InChI=1S/C29H35FN6/c1-3-22-8-11-32-29(25(22)19-31)35-14-9-23(10-15-35)28-33-27(24-6-7-26(30)21(2)18-24)20-36(28)17-16-34-12-4-5-13-34/h6-8,11,18,20,23H,3-5,9-10,12-17H2,1-2H3. The molecule has 2 aromatic heterocycles. The molecule has 2 fully saturated rings. The van der Waals surface area contributed by atoms with Crippen molar-refractivity contribution in [3.05, 3.63) is 65.0 Å². The van der Waals surface area contributed by atoms with Gasteiger partial charge in [0.2, 0.25) is 0 Å². The molecule has 0 amide bonds. The van der Waals surface area contributed by atoms with Crippen LogP contribution in [0.2, 0.25) is 0 Å². The maximum absolute atomic E-state index is 13.9.